The van der Waals surface area contributed by atoms with E-state index in [1.54, 1.807) is 6.92 Å². The lowest BCUT2D eigenvalue weighted by atomic mass is 10.1. The van der Waals surface area contributed by atoms with Crippen LogP contribution in [0.15, 0.2) is 24.4 Å². The summed E-state index contributed by atoms with van der Waals surface area (Å²) >= 11 is 0. The molecule has 1 aromatic heterocycles. The summed E-state index contributed by atoms with van der Waals surface area (Å²) in [6, 6.07) is 4.06. The molecular formula is C16H18FN3O4. The molecule has 0 fully saturated rings. The summed E-state index contributed by atoms with van der Waals surface area (Å²) in [5, 5.41) is 22.9. The maximum Gasteiger partial charge on any atom is 0.308 e. The largest absolute Gasteiger partial charge is 0.504 e. The van der Waals surface area contributed by atoms with Crippen molar-refractivity contribution in [3.8, 4) is 11.4 Å². The van der Waals surface area contributed by atoms with E-state index in [4.69, 9.17) is 5.11 Å². The maximum atomic E-state index is 13.2. The highest BCUT2D eigenvalue weighted by molar-refractivity contribution is 5.94. The number of aryl methyl sites for hydroxylation is 1. The minimum atomic E-state index is -1.02. The van der Waals surface area contributed by atoms with Crippen molar-refractivity contribution in [3.63, 3.8) is 0 Å². The van der Waals surface area contributed by atoms with E-state index in [0.717, 1.165) is 0 Å². The van der Waals surface area contributed by atoms with Crippen molar-refractivity contribution in [3.05, 3.63) is 41.5 Å². The zero-order valence-corrected chi connectivity index (χ0v) is 13.5. The summed E-state index contributed by atoms with van der Waals surface area (Å²) in [5.74, 6) is -3.10. The molecule has 8 heteroatoms. The molecular weight excluding hydrogens is 317 g/mol. The first-order valence-electron chi connectivity index (χ1n) is 7.24. The Morgan fingerprint density at radius 2 is 2.08 bits per heavy atom. The molecule has 1 atom stereocenters. The molecule has 0 bridgehead atoms. The number of nitrogens with zero attached hydrogens (tertiary/aromatic N) is 3. The number of carboxylic acid groups (broad SMARTS) is 1. The van der Waals surface area contributed by atoms with Crippen molar-refractivity contribution in [2.75, 3.05) is 13.6 Å². The summed E-state index contributed by atoms with van der Waals surface area (Å²) in [6.07, 6.45) is 1.25. The van der Waals surface area contributed by atoms with Crippen LogP contribution in [0.5, 0.6) is 5.75 Å². The van der Waals surface area contributed by atoms with Gasteiger partial charge < -0.3 is 15.1 Å². The predicted octanol–water partition coefficient (Wildman–Crippen LogP) is 1.82. The quantitative estimate of drug-likeness (QED) is 0.869. The van der Waals surface area contributed by atoms with Crippen LogP contribution in [-0.2, 0) is 4.79 Å². The van der Waals surface area contributed by atoms with Gasteiger partial charge in [0.15, 0.2) is 11.4 Å². The zero-order valence-electron chi connectivity index (χ0n) is 13.5. The second-order valence-electron chi connectivity index (χ2n) is 5.66. The van der Waals surface area contributed by atoms with Crippen LogP contribution in [0, 0.1) is 18.7 Å². The highest BCUT2D eigenvalue weighted by atomic mass is 19.1. The third-order valence-corrected chi connectivity index (χ3v) is 3.62. The molecule has 0 saturated heterocycles. The van der Waals surface area contributed by atoms with E-state index in [1.165, 1.54) is 47.9 Å². The Bertz CT molecular complexity index is 788. The van der Waals surface area contributed by atoms with E-state index in [0.29, 0.717) is 11.3 Å². The molecule has 0 aliphatic heterocycles. The van der Waals surface area contributed by atoms with Gasteiger partial charge in [0, 0.05) is 13.6 Å². The third kappa shape index (κ3) is 3.53. The van der Waals surface area contributed by atoms with Gasteiger partial charge in [0.05, 0.1) is 17.8 Å². The van der Waals surface area contributed by atoms with Crippen molar-refractivity contribution >= 4 is 11.9 Å². The van der Waals surface area contributed by atoms with Gasteiger partial charge in [0.2, 0.25) is 0 Å². The van der Waals surface area contributed by atoms with Crippen molar-refractivity contribution in [1.29, 1.82) is 0 Å². The Balaban J connectivity index is 2.28. The van der Waals surface area contributed by atoms with Gasteiger partial charge in [-0.1, -0.05) is 6.92 Å². The van der Waals surface area contributed by atoms with Gasteiger partial charge in [-0.15, -0.1) is 0 Å². The molecule has 0 aliphatic rings. The Morgan fingerprint density at radius 3 is 2.67 bits per heavy atom. The number of rotatable bonds is 5. The van der Waals surface area contributed by atoms with Gasteiger partial charge in [-0.3, -0.25) is 9.59 Å². The predicted molar refractivity (Wildman–Crippen MR) is 83.7 cm³/mol. The number of aromatic nitrogens is 2. The van der Waals surface area contributed by atoms with Crippen LogP contribution in [-0.4, -0.2) is 50.4 Å². The number of aliphatic carboxylic acids is 1. The number of hydrogen-bond acceptors (Lipinski definition) is 4. The molecule has 2 N–H and O–H groups in total. The summed E-state index contributed by atoms with van der Waals surface area (Å²) < 4.78 is 14.5. The van der Waals surface area contributed by atoms with Gasteiger partial charge in [-0.25, -0.2) is 9.07 Å². The van der Waals surface area contributed by atoms with Crippen LogP contribution in [0.3, 0.4) is 0 Å². The first-order chi connectivity index (χ1) is 11.2. The number of hydrogen-bond donors (Lipinski definition) is 2. The van der Waals surface area contributed by atoms with E-state index in [2.05, 4.69) is 5.10 Å². The number of benzene rings is 1. The summed E-state index contributed by atoms with van der Waals surface area (Å²) in [5.41, 5.74) is 0.912. The minimum Gasteiger partial charge on any atom is -0.504 e. The Hall–Kier alpha value is -2.90. The molecule has 7 nitrogen and oxygen atoms in total. The molecule has 1 aromatic carbocycles. The molecule has 1 heterocycles. The fourth-order valence-corrected chi connectivity index (χ4v) is 2.27. The van der Waals surface area contributed by atoms with Gasteiger partial charge in [-0.05, 0) is 30.7 Å². The van der Waals surface area contributed by atoms with Gasteiger partial charge in [0.1, 0.15) is 5.82 Å². The van der Waals surface area contributed by atoms with Crippen LogP contribution in [0.2, 0.25) is 0 Å². The van der Waals surface area contributed by atoms with Crippen molar-refractivity contribution in [2.45, 2.75) is 13.8 Å². The molecule has 128 valence electrons. The third-order valence-electron chi connectivity index (χ3n) is 3.62. The summed E-state index contributed by atoms with van der Waals surface area (Å²) in [4.78, 5) is 24.4. The van der Waals surface area contributed by atoms with Crippen LogP contribution in [0.25, 0.3) is 5.69 Å². The lowest BCUT2D eigenvalue weighted by Gasteiger charge is -2.18. The molecule has 1 unspecified atom stereocenters. The Morgan fingerprint density at radius 1 is 1.42 bits per heavy atom. The molecule has 2 aromatic rings. The number of carboxylic acids is 1. The number of aromatic hydroxyl groups is 1. The van der Waals surface area contributed by atoms with Crippen LogP contribution < -0.4 is 0 Å². The fourth-order valence-electron chi connectivity index (χ4n) is 2.27. The number of carbonyl (C=O) groups is 2. The van der Waals surface area contributed by atoms with Crippen LogP contribution >= 0.6 is 0 Å². The van der Waals surface area contributed by atoms with Crippen LogP contribution in [0.4, 0.5) is 4.39 Å². The lowest BCUT2D eigenvalue weighted by Crippen LogP contribution is -2.34. The topological polar surface area (TPSA) is 95.7 Å². The average molecular weight is 335 g/mol. The van der Waals surface area contributed by atoms with E-state index in [1.807, 2.05) is 0 Å². The van der Waals surface area contributed by atoms with Crippen molar-refractivity contribution in [2.24, 2.45) is 5.92 Å². The van der Waals surface area contributed by atoms with Crippen LogP contribution in [0.1, 0.15) is 23.0 Å². The van der Waals surface area contributed by atoms with Gasteiger partial charge >= 0.3 is 5.97 Å². The van der Waals surface area contributed by atoms with E-state index >= 15 is 0 Å². The smallest absolute Gasteiger partial charge is 0.308 e. The Labute approximate surface area is 137 Å². The summed E-state index contributed by atoms with van der Waals surface area (Å²) in [7, 11) is 1.43. The highest BCUT2D eigenvalue weighted by Crippen LogP contribution is 2.22. The molecule has 0 radical (unpaired) electrons. The number of halogens is 1. The second-order valence-corrected chi connectivity index (χ2v) is 5.66. The van der Waals surface area contributed by atoms with Gasteiger partial charge in [0.25, 0.3) is 5.91 Å². The fraction of sp³-hybridized carbons (Fsp3) is 0.312. The number of carbonyl (C=O) groups excluding carboxylic acids is 1. The first-order valence-corrected chi connectivity index (χ1v) is 7.24. The molecule has 0 saturated carbocycles. The van der Waals surface area contributed by atoms with Crippen molar-refractivity contribution < 1.29 is 24.2 Å². The second kappa shape index (κ2) is 6.69. The summed E-state index contributed by atoms with van der Waals surface area (Å²) in [6.45, 7) is 3.14. The van der Waals surface area contributed by atoms with E-state index in [9.17, 15) is 19.1 Å². The molecule has 24 heavy (non-hydrogen) atoms. The number of amides is 1. The maximum absolute atomic E-state index is 13.2. The molecule has 2 rings (SSSR count). The van der Waals surface area contributed by atoms with Gasteiger partial charge in [-0.2, -0.15) is 5.10 Å². The molecule has 1 amide bonds. The normalized spacial score (nSPS) is 12.0. The van der Waals surface area contributed by atoms with Crippen molar-refractivity contribution in [1.82, 2.24) is 14.7 Å². The Kier molecular flexibility index (Phi) is 4.87. The molecule has 0 aliphatic carbocycles. The molecule has 0 spiro atoms. The minimum absolute atomic E-state index is 0.0178. The standard InChI is InChI=1S/C16H18FN3O4/c1-9-6-11(17)4-5-12(9)20-8-13(21)14(18-20)15(22)19(3)7-10(2)16(23)24/h4-6,8,10,21H,7H2,1-3H3,(H,23,24). The van der Waals surface area contributed by atoms with E-state index in [-0.39, 0.29) is 18.0 Å². The monoisotopic (exact) mass is 335 g/mol. The highest BCUT2D eigenvalue weighted by Gasteiger charge is 2.24. The van der Waals surface area contributed by atoms with E-state index < -0.39 is 23.6 Å². The first kappa shape index (κ1) is 17.5. The average Bonchev–Trinajstić information content (AvgIpc) is 2.87. The lowest BCUT2D eigenvalue weighted by molar-refractivity contribution is -0.141. The SMILES string of the molecule is Cc1cc(F)ccc1-n1cc(O)c(C(=O)N(C)CC(C)C(=O)O)n1. The zero-order chi connectivity index (χ0) is 18.0.